The average molecular weight is 241 g/mol. The zero-order valence-electron chi connectivity index (χ0n) is 10.5. The molecule has 0 amide bonds. The van der Waals surface area contributed by atoms with Gasteiger partial charge >= 0.3 is 0 Å². The number of aromatic hydroxyl groups is 1. The second-order valence-corrected chi connectivity index (χ2v) is 4.43. The Bertz CT molecular complexity index is 355. The molecule has 0 bridgehead atoms. The van der Waals surface area contributed by atoms with E-state index in [1.54, 1.807) is 19.2 Å². The molecule has 0 aliphatic carbocycles. The predicted octanol–water partition coefficient (Wildman–Crippen LogP) is 2.29. The number of ether oxygens (including phenoxy) is 1. The molecule has 0 aromatic heterocycles. The summed E-state index contributed by atoms with van der Waals surface area (Å²) in [6.07, 6.45) is 0. The van der Waals surface area contributed by atoms with Crippen molar-refractivity contribution in [2.24, 2.45) is 5.92 Å². The van der Waals surface area contributed by atoms with Crippen molar-refractivity contribution in [1.82, 2.24) is 5.32 Å². The largest absolute Gasteiger partial charge is 0.505 e. The van der Waals surface area contributed by atoms with Crippen LogP contribution in [0.25, 0.3) is 0 Å². The fourth-order valence-electron chi connectivity index (χ4n) is 1.61. The summed E-state index contributed by atoms with van der Waals surface area (Å²) >= 11 is 0. The van der Waals surface area contributed by atoms with Crippen LogP contribution >= 0.6 is 0 Å². The molecule has 1 rings (SSSR count). The van der Waals surface area contributed by atoms with Crippen LogP contribution in [0.1, 0.15) is 19.4 Å². The van der Waals surface area contributed by atoms with Gasteiger partial charge in [-0.05, 0) is 12.0 Å². The average Bonchev–Trinajstić information content (AvgIpc) is 2.29. The van der Waals surface area contributed by atoms with Crippen molar-refractivity contribution in [3.63, 3.8) is 0 Å². The van der Waals surface area contributed by atoms with Crippen LogP contribution in [0.5, 0.6) is 5.75 Å². The monoisotopic (exact) mass is 241 g/mol. The van der Waals surface area contributed by atoms with Gasteiger partial charge in [0.1, 0.15) is 0 Å². The molecule has 96 valence electrons. The lowest BCUT2D eigenvalue weighted by atomic mass is 10.0. The number of rotatable bonds is 6. The van der Waals surface area contributed by atoms with Crippen molar-refractivity contribution in [3.8, 4) is 5.75 Å². The molecule has 0 aliphatic rings. The van der Waals surface area contributed by atoms with E-state index in [4.69, 9.17) is 4.74 Å². The van der Waals surface area contributed by atoms with Crippen LogP contribution in [-0.4, -0.2) is 24.9 Å². The van der Waals surface area contributed by atoms with Crippen LogP contribution in [-0.2, 0) is 11.3 Å². The summed E-state index contributed by atoms with van der Waals surface area (Å²) in [5, 5.41) is 12.8. The minimum Gasteiger partial charge on any atom is -0.505 e. The highest BCUT2D eigenvalue weighted by molar-refractivity contribution is 5.33. The van der Waals surface area contributed by atoms with Crippen LogP contribution in [0.15, 0.2) is 18.2 Å². The van der Waals surface area contributed by atoms with Gasteiger partial charge in [0.05, 0.1) is 6.61 Å². The summed E-state index contributed by atoms with van der Waals surface area (Å²) in [6, 6.07) is 4.72. The predicted molar refractivity (Wildman–Crippen MR) is 65.4 cm³/mol. The molecule has 0 heterocycles. The minimum atomic E-state index is -0.586. The zero-order valence-corrected chi connectivity index (χ0v) is 10.5. The van der Waals surface area contributed by atoms with Crippen molar-refractivity contribution in [2.45, 2.75) is 26.4 Å². The Kier molecular flexibility index (Phi) is 5.38. The first-order chi connectivity index (χ1) is 8.06. The van der Waals surface area contributed by atoms with E-state index in [0.717, 1.165) is 0 Å². The van der Waals surface area contributed by atoms with Crippen molar-refractivity contribution in [2.75, 3.05) is 13.7 Å². The van der Waals surface area contributed by atoms with Crippen molar-refractivity contribution >= 4 is 0 Å². The van der Waals surface area contributed by atoms with E-state index in [1.165, 1.54) is 6.07 Å². The Labute approximate surface area is 102 Å². The molecule has 0 fully saturated rings. The van der Waals surface area contributed by atoms with Crippen LogP contribution in [0.2, 0.25) is 0 Å². The maximum absolute atomic E-state index is 13.1. The Morgan fingerprint density at radius 2 is 2.12 bits per heavy atom. The highest BCUT2D eigenvalue weighted by atomic mass is 19.1. The second-order valence-electron chi connectivity index (χ2n) is 4.43. The Morgan fingerprint density at radius 3 is 2.71 bits per heavy atom. The number of nitrogens with one attached hydrogen (secondary N) is 1. The molecule has 1 unspecified atom stereocenters. The van der Waals surface area contributed by atoms with Crippen LogP contribution in [0, 0.1) is 11.7 Å². The molecule has 0 aliphatic heterocycles. The smallest absolute Gasteiger partial charge is 0.165 e. The summed E-state index contributed by atoms with van der Waals surface area (Å²) in [5.74, 6) is -0.456. The number of phenolic OH excluding ortho intramolecular Hbond substituents is 1. The first-order valence-electron chi connectivity index (χ1n) is 5.75. The molecule has 0 spiro atoms. The van der Waals surface area contributed by atoms with E-state index in [0.29, 0.717) is 24.6 Å². The quantitative estimate of drug-likeness (QED) is 0.803. The third-order valence-corrected chi connectivity index (χ3v) is 2.78. The van der Waals surface area contributed by atoms with E-state index >= 15 is 0 Å². The van der Waals surface area contributed by atoms with Gasteiger partial charge in [-0.15, -0.1) is 0 Å². The summed E-state index contributed by atoms with van der Waals surface area (Å²) in [4.78, 5) is 0. The Hall–Kier alpha value is -1.13. The van der Waals surface area contributed by atoms with Gasteiger partial charge in [-0.25, -0.2) is 4.39 Å². The normalized spacial score (nSPS) is 13.0. The fourth-order valence-corrected chi connectivity index (χ4v) is 1.61. The van der Waals surface area contributed by atoms with Gasteiger partial charge in [-0.3, -0.25) is 0 Å². The summed E-state index contributed by atoms with van der Waals surface area (Å²) < 4.78 is 18.2. The lowest BCUT2D eigenvalue weighted by Crippen LogP contribution is -2.37. The van der Waals surface area contributed by atoms with Crippen molar-refractivity contribution < 1.29 is 14.2 Å². The Balaban J connectivity index is 2.62. The third-order valence-electron chi connectivity index (χ3n) is 2.78. The lowest BCUT2D eigenvalue weighted by Gasteiger charge is -2.21. The molecule has 0 saturated carbocycles. The minimum absolute atomic E-state index is 0.183. The summed E-state index contributed by atoms with van der Waals surface area (Å²) in [7, 11) is 1.65. The standard InChI is InChI=1S/C13H20FNO2/c1-9(2)12(8-17-3)15-7-10-5-4-6-11(14)13(10)16/h4-6,9,12,15-16H,7-8H2,1-3H3. The first kappa shape index (κ1) is 13.9. The molecule has 0 saturated heterocycles. The lowest BCUT2D eigenvalue weighted by molar-refractivity contribution is 0.146. The van der Waals surface area contributed by atoms with Gasteiger partial charge in [0.15, 0.2) is 11.6 Å². The maximum Gasteiger partial charge on any atom is 0.165 e. The van der Waals surface area contributed by atoms with E-state index < -0.39 is 5.82 Å². The topological polar surface area (TPSA) is 41.5 Å². The number of para-hydroxylation sites is 1. The highest BCUT2D eigenvalue weighted by Crippen LogP contribution is 2.20. The third kappa shape index (κ3) is 3.98. The number of hydrogen-bond donors (Lipinski definition) is 2. The summed E-state index contributed by atoms with van der Waals surface area (Å²) in [5.41, 5.74) is 0.562. The van der Waals surface area contributed by atoms with Crippen molar-refractivity contribution in [3.05, 3.63) is 29.6 Å². The first-order valence-corrected chi connectivity index (χ1v) is 5.75. The summed E-state index contributed by atoms with van der Waals surface area (Å²) in [6.45, 7) is 5.19. The number of hydrogen-bond acceptors (Lipinski definition) is 3. The molecule has 3 nitrogen and oxygen atoms in total. The van der Waals surface area contributed by atoms with Gasteiger partial charge in [0.25, 0.3) is 0 Å². The molecule has 1 atom stereocenters. The number of halogens is 1. The molecular formula is C13H20FNO2. The number of benzene rings is 1. The molecule has 1 aromatic carbocycles. The van der Waals surface area contributed by atoms with E-state index in [1.807, 2.05) is 0 Å². The molecule has 1 aromatic rings. The fraction of sp³-hybridized carbons (Fsp3) is 0.538. The van der Waals surface area contributed by atoms with Gasteiger partial charge in [-0.2, -0.15) is 0 Å². The number of methoxy groups -OCH3 is 1. The zero-order chi connectivity index (χ0) is 12.8. The van der Waals surface area contributed by atoms with Gasteiger partial charge < -0.3 is 15.2 Å². The molecule has 4 heteroatoms. The van der Waals surface area contributed by atoms with Crippen LogP contribution in [0.3, 0.4) is 0 Å². The van der Waals surface area contributed by atoms with Gasteiger partial charge in [-0.1, -0.05) is 26.0 Å². The second kappa shape index (κ2) is 6.57. The molecule has 17 heavy (non-hydrogen) atoms. The Morgan fingerprint density at radius 1 is 1.41 bits per heavy atom. The van der Waals surface area contributed by atoms with Crippen LogP contribution in [0.4, 0.5) is 4.39 Å². The number of phenols is 1. The molecule has 0 radical (unpaired) electrons. The van der Waals surface area contributed by atoms with Gasteiger partial charge in [0.2, 0.25) is 0 Å². The van der Waals surface area contributed by atoms with Crippen LogP contribution < -0.4 is 5.32 Å². The maximum atomic E-state index is 13.1. The molecule has 2 N–H and O–H groups in total. The SMILES string of the molecule is COCC(NCc1cccc(F)c1O)C(C)C. The van der Waals surface area contributed by atoms with E-state index in [-0.39, 0.29) is 11.8 Å². The van der Waals surface area contributed by atoms with Gasteiger partial charge in [0, 0.05) is 25.3 Å². The van der Waals surface area contributed by atoms with Crippen molar-refractivity contribution in [1.29, 1.82) is 0 Å². The molecular weight excluding hydrogens is 221 g/mol. The van der Waals surface area contributed by atoms with E-state index in [9.17, 15) is 9.50 Å². The highest BCUT2D eigenvalue weighted by Gasteiger charge is 2.14. The van der Waals surface area contributed by atoms with E-state index in [2.05, 4.69) is 19.2 Å².